The Morgan fingerprint density at radius 1 is 1.15 bits per heavy atom. The molecule has 0 radical (unpaired) electrons. The minimum Gasteiger partial charge on any atom is -0.345 e. The number of hydrogen-bond acceptors (Lipinski definition) is 1. The van der Waals surface area contributed by atoms with Gasteiger partial charge in [0.15, 0.2) is 0 Å². The van der Waals surface area contributed by atoms with Crippen LogP contribution in [0.3, 0.4) is 0 Å². The molecular formula is C15H12BrCl2NO. The molecule has 0 saturated carbocycles. The lowest BCUT2D eigenvalue weighted by atomic mass is 10.1. The molecule has 2 aromatic rings. The largest absolute Gasteiger partial charge is 0.345 e. The molecule has 1 unspecified atom stereocenters. The van der Waals surface area contributed by atoms with Crippen LogP contribution in [0.25, 0.3) is 0 Å². The van der Waals surface area contributed by atoms with Crippen LogP contribution >= 0.6 is 39.1 Å². The molecule has 0 heterocycles. The van der Waals surface area contributed by atoms with Gasteiger partial charge in [-0.3, -0.25) is 4.79 Å². The van der Waals surface area contributed by atoms with E-state index in [1.54, 1.807) is 18.2 Å². The Balaban J connectivity index is 2.13. The van der Waals surface area contributed by atoms with Crippen molar-refractivity contribution < 1.29 is 4.79 Å². The van der Waals surface area contributed by atoms with Gasteiger partial charge in [0.1, 0.15) is 0 Å². The Bertz CT molecular complexity index is 628. The summed E-state index contributed by atoms with van der Waals surface area (Å²) in [5, 5.41) is 3.76. The fourth-order valence-electron chi connectivity index (χ4n) is 1.78. The van der Waals surface area contributed by atoms with E-state index in [9.17, 15) is 4.79 Å². The van der Waals surface area contributed by atoms with E-state index in [0.717, 1.165) is 10.0 Å². The Hall–Kier alpha value is -1.03. The summed E-state index contributed by atoms with van der Waals surface area (Å²) in [5.41, 5.74) is 1.44. The zero-order valence-electron chi connectivity index (χ0n) is 10.7. The summed E-state index contributed by atoms with van der Waals surface area (Å²) < 4.78 is 1.00. The monoisotopic (exact) mass is 371 g/mol. The van der Waals surface area contributed by atoms with Gasteiger partial charge in [0.05, 0.1) is 16.6 Å². The minimum atomic E-state index is -0.220. The number of halogens is 3. The first kappa shape index (κ1) is 15.4. The summed E-state index contributed by atoms with van der Waals surface area (Å²) in [5.74, 6) is -0.220. The first-order valence-electron chi connectivity index (χ1n) is 5.99. The van der Waals surface area contributed by atoms with Crippen molar-refractivity contribution in [1.29, 1.82) is 0 Å². The number of amides is 1. The maximum Gasteiger partial charge on any atom is 0.253 e. The Labute approximate surface area is 136 Å². The summed E-state index contributed by atoms with van der Waals surface area (Å²) in [6.07, 6.45) is 0. The van der Waals surface area contributed by atoms with Gasteiger partial charge in [0, 0.05) is 9.50 Å². The molecule has 0 fully saturated rings. The third kappa shape index (κ3) is 3.75. The first-order valence-corrected chi connectivity index (χ1v) is 7.53. The predicted octanol–water partition coefficient (Wildman–Crippen LogP) is 5.25. The molecular weight excluding hydrogens is 361 g/mol. The van der Waals surface area contributed by atoms with E-state index < -0.39 is 0 Å². The van der Waals surface area contributed by atoms with Crippen LogP contribution in [-0.2, 0) is 0 Å². The maximum atomic E-state index is 12.2. The van der Waals surface area contributed by atoms with Gasteiger partial charge < -0.3 is 5.32 Å². The van der Waals surface area contributed by atoms with Crippen molar-refractivity contribution in [1.82, 2.24) is 5.32 Å². The number of carbonyl (C=O) groups excluding carboxylic acids is 1. The van der Waals surface area contributed by atoms with Crippen molar-refractivity contribution in [3.8, 4) is 0 Å². The molecule has 0 spiro atoms. The fourth-order valence-corrected chi connectivity index (χ4v) is 2.54. The quantitative estimate of drug-likeness (QED) is 0.783. The van der Waals surface area contributed by atoms with Crippen molar-refractivity contribution in [2.24, 2.45) is 0 Å². The number of benzene rings is 2. The second-order valence-electron chi connectivity index (χ2n) is 4.37. The van der Waals surface area contributed by atoms with Gasteiger partial charge in [-0.15, -0.1) is 0 Å². The van der Waals surface area contributed by atoms with Crippen LogP contribution in [0.2, 0.25) is 10.0 Å². The summed E-state index contributed by atoms with van der Waals surface area (Å²) in [4.78, 5) is 12.2. The molecule has 1 N–H and O–H groups in total. The predicted molar refractivity (Wildman–Crippen MR) is 86.5 cm³/mol. The van der Waals surface area contributed by atoms with E-state index in [1.165, 1.54) is 0 Å². The smallest absolute Gasteiger partial charge is 0.253 e. The van der Waals surface area contributed by atoms with E-state index in [4.69, 9.17) is 23.2 Å². The Morgan fingerprint density at radius 2 is 1.80 bits per heavy atom. The van der Waals surface area contributed by atoms with Crippen molar-refractivity contribution in [3.05, 3.63) is 68.1 Å². The Morgan fingerprint density at radius 3 is 2.40 bits per heavy atom. The topological polar surface area (TPSA) is 29.1 Å². The number of hydrogen-bond donors (Lipinski definition) is 1. The van der Waals surface area contributed by atoms with Crippen molar-refractivity contribution in [2.75, 3.05) is 0 Å². The molecule has 5 heteroatoms. The van der Waals surface area contributed by atoms with Crippen LogP contribution in [0.1, 0.15) is 28.9 Å². The highest BCUT2D eigenvalue weighted by atomic mass is 79.9. The molecule has 0 aliphatic carbocycles. The summed E-state index contributed by atoms with van der Waals surface area (Å²) in [7, 11) is 0. The molecule has 0 aliphatic rings. The van der Waals surface area contributed by atoms with Crippen LogP contribution in [0, 0.1) is 0 Å². The van der Waals surface area contributed by atoms with Crippen molar-refractivity contribution >= 4 is 45.0 Å². The molecule has 0 saturated heterocycles. The van der Waals surface area contributed by atoms with Gasteiger partial charge >= 0.3 is 0 Å². The van der Waals surface area contributed by atoms with Gasteiger partial charge in [-0.2, -0.15) is 0 Å². The van der Waals surface area contributed by atoms with Crippen LogP contribution in [0.5, 0.6) is 0 Å². The van der Waals surface area contributed by atoms with Gasteiger partial charge in [-0.25, -0.2) is 0 Å². The molecule has 0 aromatic heterocycles. The highest BCUT2D eigenvalue weighted by molar-refractivity contribution is 9.10. The molecule has 0 bridgehead atoms. The molecule has 2 aromatic carbocycles. The fraction of sp³-hybridized carbons (Fsp3) is 0.133. The zero-order chi connectivity index (χ0) is 14.7. The normalized spacial score (nSPS) is 12.0. The highest BCUT2D eigenvalue weighted by Gasteiger charge is 2.14. The lowest BCUT2D eigenvalue weighted by Crippen LogP contribution is -2.26. The van der Waals surface area contributed by atoms with Gasteiger partial charge in [-0.05, 0) is 42.8 Å². The average Bonchev–Trinajstić information content (AvgIpc) is 2.39. The molecule has 2 rings (SSSR count). The third-order valence-electron chi connectivity index (χ3n) is 2.89. The number of carbonyl (C=O) groups is 1. The standard InChI is InChI=1S/C15H12BrCl2NO/c1-9(10-2-4-11(16)5-3-10)19-15(20)13-7-6-12(17)8-14(13)18/h2-9H,1H3,(H,19,20). The van der Waals surface area contributed by atoms with Crippen molar-refractivity contribution in [2.45, 2.75) is 13.0 Å². The molecule has 1 atom stereocenters. The van der Waals surface area contributed by atoms with Gasteiger partial charge in [-0.1, -0.05) is 51.3 Å². The second kappa shape index (κ2) is 6.61. The Kier molecular flexibility index (Phi) is 5.08. The van der Waals surface area contributed by atoms with Crippen LogP contribution in [0.4, 0.5) is 0 Å². The van der Waals surface area contributed by atoms with Crippen molar-refractivity contribution in [3.63, 3.8) is 0 Å². The summed E-state index contributed by atoms with van der Waals surface area (Å²) in [6, 6.07) is 12.5. The van der Waals surface area contributed by atoms with Crippen LogP contribution in [-0.4, -0.2) is 5.91 Å². The van der Waals surface area contributed by atoms with Gasteiger partial charge in [0.2, 0.25) is 0 Å². The van der Waals surface area contributed by atoms with E-state index in [1.807, 2.05) is 31.2 Å². The second-order valence-corrected chi connectivity index (χ2v) is 6.13. The lowest BCUT2D eigenvalue weighted by molar-refractivity contribution is 0.0940. The van der Waals surface area contributed by atoms with E-state index in [0.29, 0.717) is 15.6 Å². The summed E-state index contributed by atoms with van der Waals surface area (Å²) in [6.45, 7) is 1.92. The van der Waals surface area contributed by atoms with E-state index in [2.05, 4.69) is 21.2 Å². The molecule has 0 aliphatic heterocycles. The first-order chi connectivity index (χ1) is 9.47. The number of nitrogens with one attached hydrogen (secondary N) is 1. The molecule has 104 valence electrons. The van der Waals surface area contributed by atoms with Gasteiger partial charge in [0.25, 0.3) is 5.91 Å². The maximum absolute atomic E-state index is 12.2. The summed E-state index contributed by atoms with van der Waals surface area (Å²) >= 11 is 15.2. The lowest BCUT2D eigenvalue weighted by Gasteiger charge is -2.15. The average molecular weight is 373 g/mol. The highest BCUT2D eigenvalue weighted by Crippen LogP contribution is 2.22. The number of rotatable bonds is 3. The molecule has 1 amide bonds. The van der Waals surface area contributed by atoms with Crippen LogP contribution in [0.15, 0.2) is 46.9 Å². The molecule has 20 heavy (non-hydrogen) atoms. The van der Waals surface area contributed by atoms with Crippen LogP contribution < -0.4 is 5.32 Å². The van der Waals surface area contributed by atoms with E-state index >= 15 is 0 Å². The molecule has 2 nitrogen and oxygen atoms in total. The minimum absolute atomic E-state index is 0.109. The SMILES string of the molecule is CC(NC(=O)c1ccc(Cl)cc1Cl)c1ccc(Br)cc1. The zero-order valence-corrected chi connectivity index (χ0v) is 13.8. The third-order valence-corrected chi connectivity index (χ3v) is 3.97. The van der Waals surface area contributed by atoms with E-state index in [-0.39, 0.29) is 11.9 Å².